The zero-order valence-electron chi connectivity index (χ0n) is 17.7. The van der Waals surface area contributed by atoms with Crippen molar-refractivity contribution in [2.24, 2.45) is 0 Å². The molecule has 0 bridgehead atoms. The van der Waals surface area contributed by atoms with E-state index in [9.17, 15) is 14.0 Å². The topological polar surface area (TPSA) is 55.9 Å². The van der Waals surface area contributed by atoms with E-state index in [2.05, 4.69) is 15.1 Å². The first-order valence-corrected chi connectivity index (χ1v) is 11.0. The monoisotopic (exact) mass is 424 g/mol. The van der Waals surface area contributed by atoms with E-state index in [4.69, 9.17) is 0 Å². The van der Waals surface area contributed by atoms with Crippen LogP contribution in [0.1, 0.15) is 24.4 Å². The van der Waals surface area contributed by atoms with E-state index in [1.807, 2.05) is 35.2 Å². The van der Waals surface area contributed by atoms with Crippen LogP contribution in [0, 0.1) is 5.82 Å². The summed E-state index contributed by atoms with van der Waals surface area (Å²) in [7, 11) is 0. The number of amides is 2. The van der Waals surface area contributed by atoms with Crippen molar-refractivity contribution in [3.63, 3.8) is 0 Å². The lowest BCUT2D eigenvalue weighted by Crippen LogP contribution is -2.52. The molecule has 164 valence electrons. The first-order valence-electron chi connectivity index (χ1n) is 11.0. The highest BCUT2D eigenvalue weighted by molar-refractivity contribution is 5.92. The van der Waals surface area contributed by atoms with Crippen molar-refractivity contribution in [3.05, 3.63) is 66.0 Å². The number of hydrogen-bond donors (Lipinski definition) is 1. The highest BCUT2D eigenvalue weighted by atomic mass is 19.1. The van der Waals surface area contributed by atoms with Crippen molar-refractivity contribution in [1.29, 1.82) is 0 Å². The molecule has 6 nitrogen and oxygen atoms in total. The number of rotatable bonds is 6. The van der Waals surface area contributed by atoms with Gasteiger partial charge in [0.05, 0.1) is 6.54 Å². The molecule has 1 atom stereocenters. The van der Waals surface area contributed by atoms with Crippen LogP contribution in [0.25, 0.3) is 0 Å². The summed E-state index contributed by atoms with van der Waals surface area (Å²) in [6.45, 7) is 4.75. The van der Waals surface area contributed by atoms with Gasteiger partial charge in [-0.2, -0.15) is 0 Å². The molecule has 4 rings (SSSR count). The Hall–Kier alpha value is -2.77. The number of benzene rings is 2. The number of nitrogens with zero attached hydrogens (tertiary/aromatic N) is 3. The minimum atomic E-state index is -0.374. The SMILES string of the molecule is O=C(CN1CCN([C@H](C(=O)N2CCCC2)c2ccccc2)CC1)Nc1cccc(F)c1. The summed E-state index contributed by atoms with van der Waals surface area (Å²) in [5.41, 5.74) is 1.49. The zero-order chi connectivity index (χ0) is 21.6. The zero-order valence-corrected chi connectivity index (χ0v) is 17.7. The number of likely N-dealkylation sites (tertiary alicyclic amines) is 1. The van der Waals surface area contributed by atoms with Crippen LogP contribution in [-0.2, 0) is 9.59 Å². The molecule has 2 aliphatic heterocycles. The lowest BCUT2D eigenvalue weighted by molar-refractivity contribution is -0.137. The van der Waals surface area contributed by atoms with Crippen LogP contribution >= 0.6 is 0 Å². The van der Waals surface area contributed by atoms with Crippen LogP contribution in [-0.4, -0.2) is 72.3 Å². The molecule has 0 unspecified atom stereocenters. The van der Waals surface area contributed by atoms with Crippen molar-refractivity contribution in [2.75, 3.05) is 51.1 Å². The van der Waals surface area contributed by atoms with Gasteiger partial charge in [0, 0.05) is 45.0 Å². The molecule has 2 aromatic rings. The van der Waals surface area contributed by atoms with Crippen LogP contribution in [0.3, 0.4) is 0 Å². The molecule has 1 N–H and O–H groups in total. The van der Waals surface area contributed by atoms with Gasteiger partial charge in [-0.05, 0) is 36.6 Å². The molecular formula is C24H29FN4O2. The van der Waals surface area contributed by atoms with Crippen molar-refractivity contribution in [2.45, 2.75) is 18.9 Å². The van der Waals surface area contributed by atoms with E-state index in [0.717, 1.165) is 31.5 Å². The van der Waals surface area contributed by atoms with Crippen molar-refractivity contribution in [1.82, 2.24) is 14.7 Å². The second-order valence-corrected chi connectivity index (χ2v) is 8.22. The van der Waals surface area contributed by atoms with Gasteiger partial charge in [-0.15, -0.1) is 0 Å². The summed E-state index contributed by atoms with van der Waals surface area (Å²) < 4.78 is 13.3. The van der Waals surface area contributed by atoms with Crippen molar-refractivity contribution in [3.8, 4) is 0 Å². The van der Waals surface area contributed by atoms with Gasteiger partial charge in [0.25, 0.3) is 0 Å². The minimum absolute atomic E-state index is 0.160. The maximum absolute atomic E-state index is 13.3. The Bertz CT molecular complexity index is 893. The quantitative estimate of drug-likeness (QED) is 0.775. The Labute approximate surface area is 182 Å². The lowest BCUT2D eigenvalue weighted by atomic mass is 10.0. The van der Waals surface area contributed by atoms with Gasteiger partial charge in [0.2, 0.25) is 11.8 Å². The molecule has 7 heteroatoms. The van der Waals surface area contributed by atoms with Crippen molar-refractivity contribution < 1.29 is 14.0 Å². The Morgan fingerprint density at radius 2 is 1.61 bits per heavy atom. The fraction of sp³-hybridized carbons (Fsp3) is 0.417. The summed E-state index contributed by atoms with van der Waals surface area (Å²) in [6.07, 6.45) is 2.14. The highest BCUT2D eigenvalue weighted by Gasteiger charge is 2.34. The van der Waals surface area contributed by atoms with Crippen molar-refractivity contribution >= 4 is 17.5 Å². The fourth-order valence-corrected chi connectivity index (χ4v) is 4.40. The third-order valence-electron chi connectivity index (χ3n) is 6.01. The van der Waals surface area contributed by atoms with E-state index in [-0.39, 0.29) is 30.2 Å². The predicted molar refractivity (Wildman–Crippen MR) is 118 cm³/mol. The molecule has 0 radical (unpaired) electrons. The molecule has 0 spiro atoms. The third-order valence-corrected chi connectivity index (χ3v) is 6.01. The van der Waals surface area contributed by atoms with Gasteiger partial charge in [0.1, 0.15) is 11.9 Å². The second kappa shape index (κ2) is 10.0. The normalized spacial score (nSPS) is 18.7. The maximum atomic E-state index is 13.3. The van der Waals surface area contributed by atoms with E-state index >= 15 is 0 Å². The largest absolute Gasteiger partial charge is 0.341 e. The Morgan fingerprint density at radius 3 is 2.29 bits per heavy atom. The summed E-state index contributed by atoms with van der Waals surface area (Å²) in [5.74, 6) is -0.353. The van der Waals surface area contributed by atoms with Crippen LogP contribution in [0.5, 0.6) is 0 Å². The molecule has 0 aliphatic carbocycles. The maximum Gasteiger partial charge on any atom is 0.244 e. The molecule has 2 heterocycles. The number of halogens is 1. The highest BCUT2D eigenvalue weighted by Crippen LogP contribution is 2.26. The van der Waals surface area contributed by atoms with Crippen LogP contribution < -0.4 is 5.32 Å². The van der Waals surface area contributed by atoms with E-state index in [0.29, 0.717) is 31.9 Å². The Balaban J connectivity index is 1.36. The second-order valence-electron chi connectivity index (χ2n) is 8.22. The van der Waals surface area contributed by atoms with Crippen LogP contribution in [0.15, 0.2) is 54.6 Å². The Morgan fingerprint density at radius 1 is 0.903 bits per heavy atom. The molecule has 0 saturated carbocycles. The predicted octanol–water partition coefficient (Wildman–Crippen LogP) is 2.75. The first kappa shape index (κ1) is 21.5. The minimum Gasteiger partial charge on any atom is -0.341 e. The molecule has 2 saturated heterocycles. The number of anilines is 1. The molecule has 2 aliphatic rings. The summed E-state index contributed by atoms with van der Waals surface area (Å²) in [5, 5.41) is 2.75. The van der Waals surface area contributed by atoms with Gasteiger partial charge < -0.3 is 10.2 Å². The number of piperazine rings is 1. The Kier molecular flexibility index (Phi) is 6.94. The van der Waals surface area contributed by atoms with E-state index < -0.39 is 0 Å². The number of carbonyl (C=O) groups is 2. The van der Waals surface area contributed by atoms with Gasteiger partial charge in [0.15, 0.2) is 0 Å². The number of hydrogen-bond acceptors (Lipinski definition) is 4. The number of nitrogens with one attached hydrogen (secondary N) is 1. The first-order chi connectivity index (χ1) is 15.1. The summed E-state index contributed by atoms with van der Waals surface area (Å²) >= 11 is 0. The van der Waals surface area contributed by atoms with E-state index in [1.54, 1.807) is 12.1 Å². The molecule has 31 heavy (non-hydrogen) atoms. The van der Waals surface area contributed by atoms with Crippen LogP contribution in [0.4, 0.5) is 10.1 Å². The van der Waals surface area contributed by atoms with Gasteiger partial charge in [-0.25, -0.2) is 4.39 Å². The molecule has 2 amide bonds. The summed E-state index contributed by atoms with van der Waals surface area (Å²) in [6, 6.07) is 15.6. The van der Waals surface area contributed by atoms with Crippen LogP contribution in [0.2, 0.25) is 0 Å². The average molecular weight is 425 g/mol. The third kappa shape index (κ3) is 5.48. The molecule has 2 fully saturated rings. The smallest absolute Gasteiger partial charge is 0.244 e. The molecule has 2 aromatic carbocycles. The molecule has 0 aromatic heterocycles. The van der Waals surface area contributed by atoms with E-state index in [1.165, 1.54) is 12.1 Å². The van der Waals surface area contributed by atoms with Gasteiger partial charge in [-0.3, -0.25) is 19.4 Å². The number of carbonyl (C=O) groups excluding carboxylic acids is 2. The standard InChI is InChI=1S/C24H29FN4O2/c25-20-9-6-10-21(17-20)26-22(30)18-27-13-15-28(16-14-27)23(19-7-2-1-3-8-19)24(31)29-11-4-5-12-29/h1-3,6-10,17,23H,4-5,11-16,18H2,(H,26,30)/t23-/m0/s1. The molecular weight excluding hydrogens is 395 g/mol. The van der Waals surface area contributed by atoms with Gasteiger partial charge >= 0.3 is 0 Å². The summed E-state index contributed by atoms with van der Waals surface area (Å²) in [4.78, 5) is 32.0. The fourth-order valence-electron chi connectivity index (χ4n) is 4.40. The van der Waals surface area contributed by atoms with Gasteiger partial charge in [-0.1, -0.05) is 36.4 Å². The lowest BCUT2D eigenvalue weighted by Gasteiger charge is -2.39. The average Bonchev–Trinajstić information content (AvgIpc) is 3.31.